The van der Waals surface area contributed by atoms with Crippen molar-refractivity contribution in [2.24, 2.45) is 0 Å². The highest BCUT2D eigenvalue weighted by Gasteiger charge is 2.16. The van der Waals surface area contributed by atoms with Gasteiger partial charge in [0.2, 0.25) is 0 Å². The number of hydrogen-bond donors (Lipinski definition) is 0. The van der Waals surface area contributed by atoms with Crippen LogP contribution in [0.1, 0.15) is 0 Å². The van der Waals surface area contributed by atoms with Crippen molar-refractivity contribution in [3.8, 4) is 33.4 Å². The fourth-order valence-corrected chi connectivity index (χ4v) is 8.80. The van der Waals surface area contributed by atoms with Crippen molar-refractivity contribution in [1.82, 2.24) is 0 Å². The van der Waals surface area contributed by atoms with Crippen molar-refractivity contribution >= 4 is 70.9 Å². The van der Waals surface area contributed by atoms with E-state index in [0.717, 1.165) is 17.1 Å². The van der Waals surface area contributed by atoms with Gasteiger partial charge in [0, 0.05) is 17.1 Å². The SMILES string of the molecule is c1cc(-c2ccc3ccccc3c2)cc(N(c2ccc(-c3cccc4ccccc34)cc2)c2ccc(-c3cc4c5ccccc5ccc4c4ccccc34)cc2)c1. The van der Waals surface area contributed by atoms with Crippen LogP contribution in [0.5, 0.6) is 0 Å². The minimum absolute atomic E-state index is 1.10. The summed E-state index contributed by atoms with van der Waals surface area (Å²) in [7, 11) is 0. The molecule has 57 heavy (non-hydrogen) atoms. The summed E-state index contributed by atoms with van der Waals surface area (Å²) in [6, 6.07) is 82.1. The minimum atomic E-state index is 1.10. The Morgan fingerprint density at radius 3 is 1.47 bits per heavy atom. The Hall–Kier alpha value is -7.48. The summed E-state index contributed by atoms with van der Waals surface area (Å²) in [5.41, 5.74) is 10.6. The van der Waals surface area contributed by atoms with E-state index >= 15 is 0 Å². The summed E-state index contributed by atoms with van der Waals surface area (Å²) in [4.78, 5) is 2.38. The number of fused-ring (bicyclic) bond motifs is 7. The Morgan fingerprint density at radius 2 is 0.719 bits per heavy atom. The molecule has 0 bridgehead atoms. The van der Waals surface area contributed by atoms with Gasteiger partial charge in [0.15, 0.2) is 0 Å². The molecule has 0 fully saturated rings. The van der Waals surface area contributed by atoms with Gasteiger partial charge in [-0.15, -0.1) is 0 Å². The Labute approximate surface area is 332 Å². The Morgan fingerprint density at radius 1 is 0.211 bits per heavy atom. The van der Waals surface area contributed by atoms with Crippen LogP contribution < -0.4 is 4.90 Å². The van der Waals surface area contributed by atoms with Gasteiger partial charge in [0.05, 0.1) is 0 Å². The molecule has 0 saturated heterocycles. The zero-order valence-electron chi connectivity index (χ0n) is 31.3. The standard InChI is InChI=1S/C56H37N/c1-2-14-43-35-45(24-23-38(43)11-1)44-16-9-17-48(36-44)57(46-30-25-41(26-31-46)50-22-10-15-39-12-3-5-18-49(39)50)47-32-27-42(28-33-47)55-37-56-51-19-6-4-13-40(51)29-34-54(56)52-20-7-8-21-53(52)55/h1-37H. The fourth-order valence-electron chi connectivity index (χ4n) is 8.80. The Kier molecular flexibility index (Phi) is 7.89. The van der Waals surface area contributed by atoms with Crippen LogP contribution in [0.4, 0.5) is 17.1 Å². The largest absolute Gasteiger partial charge is 0.310 e. The van der Waals surface area contributed by atoms with Gasteiger partial charge in [-0.1, -0.05) is 176 Å². The number of hydrogen-bond acceptors (Lipinski definition) is 1. The predicted octanol–water partition coefficient (Wildman–Crippen LogP) is 15.9. The molecule has 0 saturated carbocycles. The summed E-state index contributed by atoms with van der Waals surface area (Å²) >= 11 is 0. The maximum atomic E-state index is 2.39. The molecule has 11 rings (SSSR count). The van der Waals surface area contributed by atoms with E-state index in [0.29, 0.717) is 0 Å². The van der Waals surface area contributed by atoms with Crippen molar-refractivity contribution in [3.05, 3.63) is 224 Å². The quantitative estimate of drug-likeness (QED) is 0.154. The van der Waals surface area contributed by atoms with E-state index in [1.165, 1.54) is 87.2 Å². The third-order valence-electron chi connectivity index (χ3n) is 11.6. The summed E-state index contributed by atoms with van der Waals surface area (Å²) in [6.07, 6.45) is 0. The molecule has 1 heteroatoms. The third kappa shape index (κ3) is 5.80. The second-order valence-electron chi connectivity index (χ2n) is 14.9. The first-order valence-electron chi connectivity index (χ1n) is 19.7. The number of anilines is 3. The first-order valence-corrected chi connectivity index (χ1v) is 19.7. The molecular formula is C56H37N. The van der Waals surface area contributed by atoms with Crippen molar-refractivity contribution in [2.45, 2.75) is 0 Å². The minimum Gasteiger partial charge on any atom is -0.310 e. The van der Waals surface area contributed by atoms with Crippen molar-refractivity contribution in [1.29, 1.82) is 0 Å². The van der Waals surface area contributed by atoms with Crippen LogP contribution in [0.3, 0.4) is 0 Å². The second-order valence-corrected chi connectivity index (χ2v) is 14.9. The molecule has 0 aliphatic rings. The Bertz CT molecular complexity index is 3280. The van der Waals surface area contributed by atoms with Crippen molar-refractivity contribution in [2.75, 3.05) is 4.90 Å². The molecule has 0 heterocycles. The van der Waals surface area contributed by atoms with E-state index in [1.807, 2.05) is 0 Å². The first kappa shape index (κ1) is 32.9. The lowest BCUT2D eigenvalue weighted by Gasteiger charge is -2.26. The van der Waals surface area contributed by atoms with Gasteiger partial charge in [-0.2, -0.15) is 0 Å². The molecule has 0 amide bonds. The molecule has 0 N–H and O–H groups in total. The Balaban J connectivity index is 1.04. The molecule has 11 aromatic carbocycles. The average Bonchev–Trinajstić information content (AvgIpc) is 3.29. The molecule has 0 radical (unpaired) electrons. The first-order chi connectivity index (χ1) is 28.2. The van der Waals surface area contributed by atoms with Gasteiger partial charge in [-0.05, 0) is 136 Å². The van der Waals surface area contributed by atoms with Gasteiger partial charge in [-0.3, -0.25) is 0 Å². The second kappa shape index (κ2) is 13.7. The van der Waals surface area contributed by atoms with E-state index in [9.17, 15) is 0 Å². The van der Waals surface area contributed by atoms with Crippen molar-refractivity contribution in [3.63, 3.8) is 0 Å². The molecule has 11 aromatic rings. The summed E-state index contributed by atoms with van der Waals surface area (Å²) in [6.45, 7) is 0. The maximum absolute atomic E-state index is 2.39. The van der Waals surface area contributed by atoms with Gasteiger partial charge < -0.3 is 4.90 Å². The molecule has 1 nitrogen and oxygen atoms in total. The number of rotatable bonds is 6. The van der Waals surface area contributed by atoms with Crippen LogP contribution in [-0.2, 0) is 0 Å². The summed E-state index contributed by atoms with van der Waals surface area (Å²) < 4.78 is 0. The van der Waals surface area contributed by atoms with E-state index < -0.39 is 0 Å². The van der Waals surface area contributed by atoms with Crippen molar-refractivity contribution < 1.29 is 0 Å². The van der Waals surface area contributed by atoms with Crippen LogP contribution in [0.2, 0.25) is 0 Å². The highest BCUT2D eigenvalue weighted by Crippen LogP contribution is 2.42. The predicted molar refractivity (Wildman–Crippen MR) is 245 cm³/mol. The monoisotopic (exact) mass is 723 g/mol. The zero-order valence-corrected chi connectivity index (χ0v) is 31.3. The van der Waals surface area contributed by atoms with Gasteiger partial charge >= 0.3 is 0 Å². The summed E-state index contributed by atoms with van der Waals surface area (Å²) in [5.74, 6) is 0. The zero-order chi connectivity index (χ0) is 37.7. The lowest BCUT2D eigenvalue weighted by atomic mass is 9.91. The van der Waals surface area contributed by atoms with Crippen LogP contribution >= 0.6 is 0 Å². The fraction of sp³-hybridized carbons (Fsp3) is 0. The van der Waals surface area contributed by atoms with E-state index in [4.69, 9.17) is 0 Å². The maximum Gasteiger partial charge on any atom is 0.0467 e. The van der Waals surface area contributed by atoms with E-state index in [1.54, 1.807) is 0 Å². The van der Waals surface area contributed by atoms with Crippen LogP contribution in [0.15, 0.2) is 224 Å². The highest BCUT2D eigenvalue weighted by molar-refractivity contribution is 6.21. The lowest BCUT2D eigenvalue weighted by Crippen LogP contribution is -2.10. The third-order valence-corrected chi connectivity index (χ3v) is 11.6. The van der Waals surface area contributed by atoms with E-state index in [2.05, 4.69) is 229 Å². The summed E-state index contributed by atoms with van der Waals surface area (Å²) in [5, 5.41) is 12.6. The van der Waals surface area contributed by atoms with Gasteiger partial charge in [0.25, 0.3) is 0 Å². The smallest absolute Gasteiger partial charge is 0.0467 e. The van der Waals surface area contributed by atoms with Gasteiger partial charge in [-0.25, -0.2) is 0 Å². The molecule has 0 aliphatic carbocycles. The average molecular weight is 724 g/mol. The molecule has 0 unspecified atom stereocenters. The van der Waals surface area contributed by atoms with Crippen LogP contribution in [0, 0.1) is 0 Å². The van der Waals surface area contributed by atoms with Gasteiger partial charge in [0.1, 0.15) is 0 Å². The normalized spacial score (nSPS) is 11.5. The number of benzene rings is 11. The topological polar surface area (TPSA) is 3.24 Å². The highest BCUT2D eigenvalue weighted by atomic mass is 15.1. The molecule has 0 spiro atoms. The number of nitrogens with zero attached hydrogens (tertiary/aromatic N) is 1. The lowest BCUT2D eigenvalue weighted by molar-refractivity contribution is 1.28. The molecule has 0 aromatic heterocycles. The van der Waals surface area contributed by atoms with Crippen LogP contribution in [0.25, 0.3) is 87.2 Å². The molecule has 0 aliphatic heterocycles. The molecule has 0 atom stereocenters. The molecule has 266 valence electrons. The molecular weight excluding hydrogens is 687 g/mol. The van der Waals surface area contributed by atoms with Crippen LogP contribution in [-0.4, -0.2) is 0 Å². The van der Waals surface area contributed by atoms with E-state index in [-0.39, 0.29) is 0 Å².